The Labute approximate surface area is 145 Å². The number of nitrogens with one attached hydrogen (secondary N) is 1. The van der Waals surface area contributed by atoms with Gasteiger partial charge in [-0.25, -0.2) is 0 Å². The summed E-state index contributed by atoms with van der Waals surface area (Å²) in [5.41, 5.74) is 3.44. The van der Waals surface area contributed by atoms with Gasteiger partial charge in [0, 0.05) is 32.7 Å². The van der Waals surface area contributed by atoms with Crippen molar-refractivity contribution < 1.29 is 9.53 Å². The van der Waals surface area contributed by atoms with Gasteiger partial charge in [-0.3, -0.25) is 4.79 Å². The zero-order chi connectivity index (χ0) is 16.1. The Bertz CT molecular complexity index is 506. The maximum Gasteiger partial charge on any atom is 0.236 e. The van der Waals surface area contributed by atoms with E-state index in [-0.39, 0.29) is 18.3 Å². The number of aryl methyl sites for hydroxylation is 2. The maximum absolute atomic E-state index is 12.2. The molecule has 1 amide bonds. The first-order chi connectivity index (χ1) is 10.5. The summed E-state index contributed by atoms with van der Waals surface area (Å²) in [6.45, 7) is 8.77. The van der Waals surface area contributed by atoms with Crippen LogP contribution in [0.4, 0.5) is 0 Å². The summed E-state index contributed by atoms with van der Waals surface area (Å²) in [6.07, 6.45) is 0. The van der Waals surface area contributed by atoms with Gasteiger partial charge in [0.25, 0.3) is 0 Å². The van der Waals surface area contributed by atoms with Crippen LogP contribution in [0.15, 0.2) is 12.1 Å². The van der Waals surface area contributed by atoms with Gasteiger partial charge in [-0.05, 0) is 37.6 Å². The van der Waals surface area contributed by atoms with Gasteiger partial charge in [-0.15, -0.1) is 12.4 Å². The number of hydrogen-bond acceptors (Lipinski definition) is 4. The van der Waals surface area contributed by atoms with Crippen LogP contribution in [0.3, 0.4) is 0 Å². The molecular formula is C17H28ClN3O2. The largest absolute Gasteiger partial charge is 0.496 e. The van der Waals surface area contributed by atoms with Crippen molar-refractivity contribution in [3.63, 3.8) is 0 Å². The molecule has 1 heterocycles. The fourth-order valence-corrected chi connectivity index (χ4v) is 2.95. The first kappa shape index (κ1) is 19.7. The van der Waals surface area contributed by atoms with Crippen molar-refractivity contribution in [3.05, 3.63) is 28.8 Å². The summed E-state index contributed by atoms with van der Waals surface area (Å²) < 4.78 is 5.38. The normalized spacial score (nSPS) is 15.2. The van der Waals surface area contributed by atoms with Gasteiger partial charge in [0.15, 0.2) is 0 Å². The molecule has 1 saturated heterocycles. The smallest absolute Gasteiger partial charge is 0.236 e. The van der Waals surface area contributed by atoms with Crippen molar-refractivity contribution in [1.29, 1.82) is 0 Å². The van der Waals surface area contributed by atoms with E-state index in [1.807, 2.05) is 18.7 Å². The lowest BCUT2D eigenvalue weighted by molar-refractivity contribution is -0.131. The molecule has 0 unspecified atom stereocenters. The Morgan fingerprint density at radius 3 is 2.26 bits per heavy atom. The molecule has 0 radical (unpaired) electrons. The molecule has 1 aromatic carbocycles. The van der Waals surface area contributed by atoms with E-state index in [4.69, 9.17) is 4.74 Å². The number of amides is 1. The molecule has 0 spiro atoms. The Morgan fingerprint density at radius 2 is 1.74 bits per heavy atom. The van der Waals surface area contributed by atoms with Gasteiger partial charge >= 0.3 is 0 Å². The molecule has 0 aliphatic carbocycles. The lowest BCUT2D eigenvalue weighted by atomic mass is 10.1. The van der Waals surface area contributed by atoms with E-state index in [2.05, 4.69) is 29.4 Å². The highest BCUT2D eigenvalue weighted by Gasteiger charge is 2.18. The van der Waals surface area contributed by atoms with Gasteiger partial charge in [0.2, 0.25) is 5.91 Å². The van der Waals surface area contributed by atoms with E-state index >= 15 is 0 Å². The lowest BCUT2D eigenvalue weighted by Gasteiger charge is -2.32. The molecule has 0 saturated carbocycles. The molecule has 1 aliphatic heterocycles. The number of piperazine rings is 1. The Morgan fingerprint density at radius 1 is 1.17 bits per heavy atom. The summed E-state index contributed by atoms with van der Waals surface area (Å²) in [4.78, 5) is 16.3. The highest BCUT2D eigenvalue weighted by Crippen LogP contribution is 2.24. The molecule has 2 rings (SSSR count). The minimum atomic E-state index is 0. The molecule has 0 aromatic heterocycles. The molecule has 0 atom stereocenters. The second-order valence-electron chi connectivity index (χ2n) is 6.05. The number of carbonyl (C=O) groups is 1. The van der Waals surface area contributed by atoms with E-state index in [0.717, 1.165) is 43.1 Å². The van der Waals surface area contributed by atoms with E-state index in [9.17, 15) is 4.79 Å². The minimum absolute atomic E-state index is 0. The fourth-order valence-electron chi connectivity index (χ4n) is 2.95. The molecule has 0 bridgehead atoms. The van der Waals surface area contributed by atoms with Gasteiger partial charge in [-0.2, -0.15) is 0 Å². The van der Waals surface area contributed by atoms with Crippen LogP contribution in [-0.4, -0.2) is 62.6 Å². The number of ether oxygens (including phenoxy) is 1. The number of hydrogen-bond donors (Lipinski definition) is 1. The van der Waals surface area contributed by atoms with Crippen molar-refractivity contribution in [1.82, 2.24) is 15.1 Å². The highest BCUT2D eigenvalue weighted by molar-refractivity contribution is 5.85. The monoisotopic (exact) mass is 341 g/mol. The van der Waals surface area contributed by atoms with Crippen molar-refractivity contribution in [3.8, 4) is 5.75 Å². The molecule has 1 fully saturated rings. The number of likely N-dealkylation sites (N-methyl/N-ethyl adjacent to an activating group) is 1. The van der Waals surface area contributed by atoms with Gasteiger partial charge in [0.05, 0.1) is 13.7 Å². The summed E-state index contributed by atoms with van der Waals surface area (Å²) in [5.74, 6) is 1.13. The first-order valence-corrected chi connectivity index (χ1v) is 7.82. The Hall–Kier alpha value is -1.30. The van der Waals surface area contributed by atoms with E-state index < -0.39 is 0 Å². The number of benzene rings is 1. The van der Waals surface area contributed by atoms with Crippen molar-refractivity contribution in [2.45, 2.75) is 20.4 Å². The molecule has 5 nitrogen and oxygen atoms in total. The molecule has 1 aromatic rings. The number of carbonyl (C=O) groups excluding carboxylic acids is 1. The summed E-state index contributed by atoms with van der Waals surface area (Å²) in [5, 5.41) is 3.26. The maximum atomic E-state index is 12.2. The molecule has 1 aliphatic rings. The SMILES string of the molecule is COc1c(C)cc(CNCC(=O)N2CCN(C)CC2)cc1C.Cl. The third kappa shape index (κ3) is 5.37. The average Bonchev–Trinajstić information content (AvgIpc) is 2.47. The van der Waals surface area contributed by atoms with Crippen LogP contribution in [0.5, 0.6) is 5.75 Å². The third-order valence-electron chi connectivity index (χ3n) is 4.19. The number of halogens is 1. The Kier molecular flexibility index (Phi) is 7.82. The quantitative estimate of drug-likeness (QED) is 0.883. The third-order valence-corrected chi connectivity index (χ3v) is 4.19. The summed E-state index contributed by atoms with van der Waals surface area (Å²) in [7, 11) is 3.79. The number of rotatable bonds is 5. The second kappa shape index (κ2) is 9.11. The average molecular weight is 342 g/mol. The van der Waals surface area contributed by atoms with E-state index in [1.165, 1.54) is 5.56 Å². The first-order valence-electron chi connectivity index (χ1n) is 7.82. The highest BCUT2D eigenvalue weighted by atomic mass is 35.5. The van der Waals surface area contributed by atoms with Crippen LogP contribution in [0.25, 0.3) is 0 Å². The van der Waals surface area contributed by atoms with Gasteiger partial charge < -0.3 is 19.9 Å². The van der Waals surface area contributed by atoms with Gasteiger partial charge in [0.1, 0.15) is 5.75 Å². The van der Waals surface area contributed by atoms with E-state index in [0.29, 0.717) is 13.1 Å². The second-order valence-corrected chi connectivity index (χ2v) is 6.05. The van der Waals surface area contributed by atoms with Crippen LogP contribution in [0, 0.1) is 13.8 Å². The molecule has 1 N–H and O–H groups in total. The lowest BCUT2D eigenvalue weighted by Crippen LogP contribution is -2.49. The van der Waals surface area contributed by atoms with Crippen molar-refractivity contribution in [2.75, 3.05) is 46.9 Å². The summed E-state index contributed by atoms with van der Waals surface area (Å²) >= 11 is 0. The van der Waals surface area contributed by atoms with Crippen LogP contribution < -0.4 is 10.1 Å². The molecular weight excluding hydrogens is 314 g/mol. The standard InChI is InChI=1S/C17H27N3O2.ClH/c1-13-9-15(10-14(2)17(13)22-4)11-18-12-16(21)20-7-5-19(3)6-8-20;/h9-10,18H,5-8,11-12H2,1-4H3;1H. The zero-order valence-corrected chi connectivity index (χ0v) is 15.3. The topological polar surface area (TPSA) is 44.8 Å². The van der Waals surface area contributed by atoms with Crippen molar-refractivity contribution >= 4 is 18.3 Å². The van der Waals surface area contributed by atoms with Crippen LogP contribution in [0.1, 0.15) is 16.7 Å². The number of methoxy groups -OCH3 is 1. The molecule has 6 heteroatoms. The van der Waals surface area contributed by atoms with Gasteiger partial charge in [-0.1, -0.05) is 12.1 Å². The van der Waals surface area contributed by atoms with Crippen LogP contribution in [-0.2, 0) is 11.3 Å². The Balaban J connectivity index is 0.00000264. The predicted octanol–water partition coefficient (Wildman–Crippen LogP) is 1.60. The fraction of sp³-hybridized carbons (Fsp3) is 0.588. The molecule has 23 heavy (non-hydrogen) atoms. The number of nitrogens with zero attached hydrogens (tertiary/aromatic N) is 2. The summed E-state index contributed by atoms with van der Waals surface area (Å²) in [6, 6.07) is 4.22. The van der Waals surface area contributed by atoms with Crippen molar-refractivity contribution in [2.24, 2.45) is 0 Å². The molecule has 130 valence electrons. The minimum Gasteiger partial charge on any atom is -0.496 e. The van der Waals surface area contributed by atoms with Crippen LogP contribution in [0.2, 0.25) is 0 Å². The predicted molar refractivity (Wildman–Crippen MR) is 95.5 cm³/mol. The zero-order valence-electron chi connectivity index (χ0n) is 14.5. The van der Waals surface area contributed by atoms with E-state index in [1.54, 1.807) is 7.11 Å². The van der Waals surface area contributed by atoms with Crippen LogP contribution >= 0.6 is 12.4 Å².